The van der Waals surface area contributed by atoms with Crippen molar-refractivity contribution in [2.45, 2.75) is 27.2 Å². The Kier molecular flexibility index (Phi) is 5.85. The summed E-state index contributed by atoms with van der Waals surface area (Å²) in [6, 6.07) is 6.13. The van der Waals surface area contributed by atoms with Crippen molar-refractivity contribution in [1.82, 2.24) is 9.80 Å². The smallest absolute Gasteiger partial charge is 0.254 e. The van der Waals surface area contributed by atoms with Crippen molar-refractivity contribution in [3.05, 3.63) is 34.9 Å². The van der Waals surface area contributed by atoms with Gasteiger partial charge in [-0.1, -0.05) is 47.7 Å². The Morgan fingerprint density at radius 3 is 2.29 bits per heavy atom. The number of alkyl halides is 1. The molecule has 0 aliphatic carbocycles. The maximum absolute atomic E-state index is 13.0. The SMILES string of the molecule is Cc1cccc(C)c1C(=O)N1CC2CN(CC(C)CCI)CC2C1. The van der Waals surface area contributed by atoms with Gasteiger partial charge in [0.05, 0.1) is 0 Å². The molecule has 0 spiro atoms. The lowest BCUT2D eigenvalue weighted by Crippen LogP contribution is -2.35. The molecule has 1 aromatic carbocycles. The van der Waals surface area contributed by atoms with Gasteiger partial charge >= 0.3 is 0 Å². The first kappa shape index (κ1) is 18.2. The molecule has 0 bridgehead atoms. The van der Waals surface area contributed by atoms with Crippen molar-refractivity contribution in [2.24, 2.45) is 17.8 Å². The lowest BCUT2D eigenvalue weighted by Gasteiger charge is -2.24. The number of nitrogens with zero attached hydrogens (tertiary/aromatic N) is 2. The molecule has 1 aromatic rings. The minimum absolute atomic E-state index is 0.241. The summed E-state index contributed by atoms with van der Waals surface area (Å²) in [6.07, 6.45) is 1.31. The normalized spacial score (nSPS) is 25.1. The maximum Gasteiger partial charge on any atom is 0.254 e. The van der Waals surface area contributed by atoms with Gasteiger partial charge in [0.25, 0.3) is 5.91 Å². The summed E-state index contributed by atoms with van der Waals surface area (Å²) in [5.74, 6) is 2.37. The molecular weight excluding hydrogens is 411 g/mol. The van der Waals surface area contributed by atoms with Crippen molar-refractivity contribution in [3.63, 3.8) is 0 Å². The molecule has 2 saturated heterocycles. The maximum atomic E-state index is 13.0. The predicted octanol–water partition coefficient (Wildman–Crippen LogP) is 3.77. The van der Waals surface area contributed by atoms with Gasteiger partial charge < -0.3 is 9.80 Å². The van der Waals surface area contributed by atoms with Gasteiger partial charge in [0.15, 0.2) is 0 Å². The van der Waals surface area contributed by atoms with Crippen LogP contribution in [0.1, 0.15) is 34.8 Å². The molecule has 0 aromatic heterocycles. The first-order valence-electron chi connectivity index (χ1n) is 9.13. The molecule has 132 valence electrons. The van der Waals surface area contributed by atoms with Crippen LogP contribution in [0.15, 0.2) is 18.2 Å². The van der Waals surface area contributed by atoms with Gasteiger partial charge in [0.2, 0.25) is 0 Å². The van der Waals surface area contributed by atoms with Crippen molar-refractivity contribution < 1.29 is 4.79 Å². The summed E-state index contributed by atoms with van der Waals surface area (Å²) in [4.78, 5) is 17.7. The van der Waals surface area contributed by atoms with Crippen LogP contribution >= 0.6 is 22.6 Å². The lowest BCUT2D eigenvalue weighted by molar-refractivity contribution is 0.0771. The highest BCUT2D eigenvalue weighted by molar-refractivity contribution is 14.1. The zero-order chi connectivity index (χ0) is 17.3. The van der Waals surface area contributed by atoms with Crippen LogP contribution in [-0.2, 0) is 0 Å². The Labute approximate surface area is 159 Å². The molecule has 4 heteroatoms. The summed E-state index contributed by atoms with van der Waals surface area (Å²) >= 11 is 2.47. The zero-order valence-electron chi connectivity index (χ0n) is 15.1. The van der Waals surface area contributed by atoms with E-state index < -0.39 is 0 Å². The van der Waals surface area contributed by atoms with E-state index in [4.69, 9.17) is 0 Å². The third-order valence-corrected chi connectivity index (χ3v) is 6.34. The number of amides is 1. The summed E-state index contributed by atoms with van der Waals surface area (Å²) in [5, 5.41) is 0. The fourth-order valence-electron chi connectivity index (χ4n) is 4.43. The highest BCUT2D eigenvalue weighted by atomic mass is 127. The average Bonchev–Trinajstić information content (AvgIpc) is 3.05. The Balaban J connectivity index is 1.59. The molecule has 3 unspecified atom stereocenters. The monoisotopic (exact) mass is 440 g/mol. The van der Waals surface area contributed by atoms with Gasteiger partial charge in [-0.25, -0.2) is 0 Å². The fraction of sp³-hybridized carbons (Fsp3) is 0.650. The number of aryl methyl sites for hydroxylation is 2. The largest absolute Gasteiger partial charge is 0.338 e. The molecule has 0 N–H and O–H groups in total. The van der Waals surface area contributed by atoms with Crippen molar-refractivity contribution in [3.8, 4) is 0 Å². The van der Waals surface area contributed by atoms with Crippen LogP contribution in [0.2, 0.25) is 0 Å². The van der Waals surface area contributed by atoms with Gasteiger partial charge in [-0.05, 0) is 53.6 Å². The topological polar surface area (TPSA) is 23.6 Å². The summed E-state index contributed by atoms with van der Waals surface area (Å²) in [7, 11) is 0. The number of fused-ring (bicyclic) bond motifs is 1. The number of hydrogen-bond donors (Lipinski definition) is 0. The molecule has 2 heterocycles. The molecule has 3 atom stereocenters. The van der Waals surface area contributed by atoms with E-state index in [1.54, 1.807) is 0 Å². The number of rotatable bonds is 5. The van der Waals surface area contributed by atoms with Gasteiger partial charge in [-0.15, -0.1) is 0 Å². The molecule has 0 saturated carbocycles. The first-order valence-corrected chi connectivity index (χ1v) is 10.7. The third kappa shape index (κ3) is 3.79. The Morgan fingerprint density at radius 2 is 1.75 bits per heavy atom. The predicted molar refractivity (Wildman–Crippen MR) is 108 cm³/mol. The molecule has 2 aliphatic heterocycles. The van der Waals surface area contributed by atoms with E-state index >= 15 is 0 Å². The van der Waals surface area contributed by atoms with Crippen molar-refractivity contribution >= 4 is 28.5 Å². The van der Waals surface area contributed by atoms with Crippen LogP contribution in [0, 0.1) is 31.6 Å². The Morgan fingerprint density at radius 1 is 1.17 bits per heavy atom. The number of carbonyl (C=O) groups is 1. The second-order valence-electron chi connectivity index (χ2n) is 7.80. The van der Waals surface area contributed by atoms with Crippen LogP contribution in [0.3, 0.4) is 0 Å². The van der Waals surface area contributed by atoms with E-state index in [0.717, 1.165) is 35.7 Å². The second-order valence-corrected chi connectivity index (χ2v) is 8.88. The fourth-order valence-corrected chi connectivity index (χ4v) is 5.50. The highest BCUT2D eigenvalue weighted by Crippen LogP contribution is 2.33. The molecule has 0 radical (unpaired) electrons. The van der Waals surface area contributed by atoms with Crippen LogP contribution in [0.5, 0.6) is 0 Å². The molecule has 3 rings (SSSR count). The van der Waals surface area contributed by atoms with E-state index in [9.17, 15) is 4.79 Å². The van der Waals surface area contributed by atoms with Crippen LogP contribution < -0.4 is 0 Å². The number of likely N-dealkylation sites (tertiary alicyclic amines) is 2. The van der Waals surface area contributed by atoms with E-state index in [1.807, 2.05) is 32.0 Å². The van der Waals surface area contributed by atoms with Gasteiger partial charge in [-0.3, -0.25) is 4.79 Å². The van der Waals surface area contributed by atoms with E-state index in [1.165, 1.54) is 30.5 Å². The summed E-state index contributed by atoms with van der Waals surface area (Å²) < 4.78 is 1.25. The number of hydrogen-bond acceptors (Lipinski definition) is 2. The summed E-state index contributed by atoms with van der Waals surface area (Å²) in [5.41, 5.74) is 3.13. The van der Waals surface area contributed by atoms with E-state index in [0.29, 0.717) is 11.8 Å². The van der Waals surface area contributed by atoms with Gasteiger partial charge in [-0.2, -0.15) is 0 Å². The Bertz CT molecular complexity index is 569. The molecule has 2 fully saturated rings. The first-order chi connectivity index (χ1) is 11.5. The molecule has 2 aliphatic rings. The van der Waals surface area contributed by atoms with Gasteiger partial charge in [0.1, 0.15) is 0 Å². The number of carbonyl (C=O) groups excluding carboxylic acids is 1. The van der Waals surface area contributed by atoms with Crippen molar-refractivity contribution in [2.75, 3.05) is 37.2 Å². The van der Waals surface area contributed by atoms with Crippen LogP contribution in [-0.4, -0.2) is 52.9 Å². The molecule has 3 nitrogen and oxygen atoms in total. The minimum atomic E-state index is 0.241. The van der Waals surface area contributed by atoms with E-state index in [-0.39, 0.29) is 5.91 Å². The number of benzene rings is 1. The molecule has 24 heavy (non-hydrogen) atoms. The van der Waals surface area contributed by atoms with E-state index in [2.05, 4.69) is 39.3 Å². The lowest BCUT2D eigenvalue weighted by atomic mass is 10.0. The average molecular weight is 440 g/mol. The van der Waals surface area contributed by atoms with Gasteiger partial charge in [0, 0.05) is 38.3 Å². The standard InChI is InChI=1S/C20H29IN2O/c1-14(7-8-21)9-22-10-17-12-23(13-18(17)11-22)20(24)19-15(2)5-4-6-16(19)3/h4-6,14,17-18H,7-13H2,1-3H3. The minimum Gasteiger partial charge on any atom is -0.338 e. The quantitative estimate of drug-likeness (QED) is 0.514. The molecule has 1 amide bonds. The third-order valence-electron chi connectivity index (χ3n) is 5.72. The highest BCUT2D eigenvalue weighted by Gasteiger charge is 2.42. The number of halogens is 1. The summed E-state index contributed by atoms with van der Waals surface area (Å²) in [6.45, 7) is 11.9. The van der Waals surface area contributed by atoms with Crippen LogP contribution in [0.4, 0.5) is 0 Å². The molecular formula is C20H29IN2O. The second kappa shape index (κ2) is 7.73. The van der Waals surface area contributed by atoms with Crippen LogP contribution in [0.25, 0.3) is 0 Å². The Hall–Kier alpha value is -0.620. The zero-order valence-corrected chi connectivity index (χ0v) is 17.3. The van der Waals surface area contributed by atoms with Crippen molar-refractivity contribution in [1.29, 1.82) is 0 Å².